The largest absolute Gasteiger partial charge is 0.335 e. The minimum atomic E-state index is 0.124. The van der Waals surface area contributed by atoms with E-state index < -0.39 is 0 Å². The predicted octanol–water partition coefficient (Wildman–Crippen LogP) is 5.30. The number of carbonyl (C=O) groups excluding carboxylic acids is 1. The Labute approximate surface area is 144 Å². The van der Waals surface area contributed by atoms with Gasteiger partial charge in [-0.3, -0.25) is 0 Å². The van der Waals surface area contributed by atoms with E-state index in [1.54, 1.807) is 0 Å². The first kappa shape index (κ1) is 16.6. The quantitative estimate of drug-likeness (QED) is 0.782. The van der Waals surface area contributed by atoms with Gasteiger partial charge in [0.2, 0.25) is 0 Å². The van der Waals surface area contributed by atoms with Crippen molar-refractivity contribution < 1.29 is 4.79 Å². The van der Waals surface area contributed by atoms with Crippen molar-refractivity contribution in [2.45, 2.75) is 69.9 Å². The third-order valence-electron chi connectivity index (χ3n) is 5.20. The van der Waals surface area contributed by atoms with Gasteiger partial charge in [-0.1, -0.05) is 55.8 Å². The highest BCUT2D eigenvalue weighted by Gasteiger charge is 2.28. The Hall–Kier alpha value is -1.22. The summed E-state index contributed by atoms with van der Waals surface area (Å²) in [6, 6.07) is 8.67. The molecule has 3 rings (SSSR count). The molecule has 1 aromatic rings. The molecule has 1 aliphatic carbocycles. The van der Waals surface area contributed by atoms with E-state index in [0.717, 1.165) is 37.3 Å². The zero-order valence-corrected chi connectivity index (χ0v) is 14.5. The molecule has 2 fully saturated rings. The number of urea groups is 1. The number of hydrogen-bond acceptors (Lipinski definition) is 1. The number of hydrogen-bond donors (Lipinski definition) is 1. The molecule has 4 heteroatoms. The molecule has 1 N–H and O–H groups in total. The lowest BCUT2D eigenvalue weighted by molar-refractivity contribution is 0.169. The Morgan fingerprint density at radius 1 is 0.957 bits per heavy atom. The van der Waals surface area contributed by atoms with E-state index in [9.17, 15) is 4.79 Å². The molecule has 0 radical (unpaired) electrons. The van der Waals surface area contributed by atoms with Crippen molar-refractivity contribution in [1.82, 2.24) is 10.2 Å². The first-order valence-corrected chi connectivity index (χ1v) is 9.44. The summed E-state index contributed by atoms with van der Waals surface area (Å²) in [6.45, 7) is 0.853. The molecule has 2 aliphatic rings. The lowest BCUT2D eigenvalue weighted by atomic mass is 9.95. The summed E-state index contributed by atoms with van der Waals surface area (Å²) in [5.41, 5.74) is 1.20. The molecule has 1 unspecified atom stereocenters. The van der Waals surface area contributed by atoms with Gasteiger partial charge in [0.1, 0.15) is 0 Å². The molecule has 0 aromatic heterocycles. The van der Waals surface area contributed by atoms with Gasteiger partial charge in [-0.2, -0.15) is 0 Å². The van der Waals surface area contributed by atoms with Gasteiger partial charge in [-0.25, -0.2) is 4.79 Å². The van der Waals surface area contributed by atoms with Crippen molar-refractivity contribution in [1.29, 1.82) is 0 Å². The van der Waals surface area contributed by atoms with Crippen molar-refractivity contribution in [3.8, 4) is 0 Å². The SMILES string of the molecule is O=C(NC1CCCCC1)N1CCCCCC1c1ccc(Cl)cc1. The fraction of sp³-hybridized carbons (Fsp3) is 0.632. The minimum absolute atomic E-state index is 0.124. The van der Waals surface area contributed by atoms with Crippen molar-refractivity contribution in [2.75, 3.05) is 6.54 Å². The van der Waals surface area contributed by atoms with Gasteiger partial charge in [0.15, 0.2) is 0 Å². The monoisotopic (exact) mass is 334 g/mol. The first-order valence-electron chi connectivity index (χ1n) is 9.06. The summed E-state index contributed by atoms with van der Waals surface area (Å²) in [5.74, 6) is 0. The van der Waals surface area contributed by atoms with E-state index in [1.807, 2.05) is 12.1 Å². The third kappa shape index (κ3) is 4.41. The van der Waals surface area contributed by atoms with E-state index in [0.29, 0.717) is 6.04 Å². The van der Waals surface area contributed by atoms with Gasteiger partial charge in [0, 0.05) is 17.6 Å². The number of likely N-dealkylation sites (tertiary alicyclic amines) is 1. The Balaban J connectivity index is 1.72. The molecule has 0 bridgehead atoms. The number of rotatable bonds is 2. The Morgan fingerprint density at radius 3 is 2.35 bits per heavy atom. The number of halogens is 1. The summed E-state index contributed by atoms with van der Waals surface area (Å²) in [6.07, 6.45) is 10.6. The zero-order chi connectivity index (χ0) is 16.1. The molecular formula is C19H27ClN2O. The van der Waals surface area contributed by atoms with E-state index in [4.69, 9.17) is 11.6 Å². The predicted molar refractivity (Wildman–Crippen MR) is 94.8 cm³/mol. The molecule has 126 valence electrons. The van der Waals surface area contributed by atoms with Crippen LogP contribution in [0.15, 0.2) is 24.3 Å². The number of benzene rings is 1. The fourth-order valence-corrected chi connectivity index (χ4v) is 4.01. The molecule has 23 heavy (non-hydrogen) atoms. The molecule has 1 atom stereocenters. The second-order valence-electron chi connectivity index (χ2n) is 6.89. The Bertz CT molecular complexity index is 511. The van der Waals surface area contributed by atoms with E-state index >= 15 is 0 Å². The number of amides is 2. The molecule has 1 aliphatic heterocycles. The lowest BCUT2D eigenvalue weighted by Gasteiger charge is -2.33. The average Bonchev–Trinajstić information content (AvgIpc) is 2.82. The summed E-state index contributed by atoms with van der Waals surface area (Å²) in [4.78, 5) is 14.9. The van der Waals surface area contributed by atoms with Crippen LogP contribution in [0.3, 0.4) is 0 Å². The van der Waals surface area contributed by atoms with Crippen molar-refractivity contribution in [3.63, 3.8) is 0 Å². The van der Waals surface area contributed by atoms with Crippen LogP contribution in [-0.2, 0) is 0 Å². The average molecular weight is 335 g/mol. The van der Waals surface area contributed by atoms with Gasteiger partial charge in [-0.05, 0) is 43.4 Å². The van der Waals surface area contributed by atoms with Crippen LogP contribution in [0.25, 0.3) is 0 Å². The number of nitrogens with one attached hydrogen (secondary N) is 1. The molecular weight excluding hydrogens is 308 g/mol. The van der Waals surface area contributed by atoms with Crippen molar-refractivity contribution >= 4 is 17.6 Å². The van der Waals surface area contributed by atoms with Crippen LogP contribution in [0, 0.1) is 0 Å². The maximum Gasteiger partial charge on any atom is 0.318 e. The van der Waals surface area contributed by atoms with Crippen LogP contribution in [-0.4, -0.2) is 23.5 Å². The highest BCUT2D eigenvalue weighted by molar-refractivity contribution is 6.30. The van der Waals surface area contributed by atoms with Crippen LogP contribution in [0.4, 0.5) is 4.79 Å². The first-order chi connectivity index (χ1) is 11.2. The molecule has 1 aromatic carbocycles. The minimum Gasteiger partial charge on any atom is -0.335 e. The van der Waals surface area contributed by atoms with Crippen LogP contribution in [0.2, 0.25) is 5.02 Å². The maximum absolute atomic E-state index is 12.9. The van der Waals surface area contributed by atoms with E-state index in [2.05, 4.69) is 22.3 Å². The van der Waals surface area contributed by atoms with E-state index in [-0.39, 0.29) is 12.1 Å². The molecule has 1 saturated carbocycles. The number of nitrogens with zero attached hydrogens (tertiary/aromatic N) is 1. The Morgan fingerprint density at radius 2 is 1.61 bits per heavy atom. The topological polar surface area (TPSA) is 32.3 Å². The fourth-order valence-electron chi connectivity index (χ4n) is 3.89. The third-order valence-corrected chi connectivity index (χ3v) is 5.45. The van der Waals surface area contributed by atoms with Crippen LogP contribution < -0.4 is 5.32 Å². The van der Waals surface area contributed by atoms with Gasteiger partial charge in [0.05, 0.1) is 6.04 Å². The molecule has 1 heterocycles. The van der Waals surface area contributed by atoms with Gasteiger partial charge >= 0.3 is 6.03 Å². The van der Waals surface area contributed by atoms with Crippen molar-refractivity contribution in [2.24, 2.45) is 0 Å². The maximum atomic E-state index is 12.9. The second kappa shape index (κ2) is 8.05. The van der Waals surface area contributed by atoms with Crippen LogP contribution in [0.1, 0.15) is 69.4 Å². The highest BCUT2D eigenvalue weighted by atomic mass is 35.5. The van der Waals surface area contributed by atoms with Crippen LogP contribution in [0.5, 0.6) is 0 Å². The van der Waals surface area contributed by atoms with Gasteiger partial charge < -0.3 is 10.2 Å². The summed E-state index contributed by atoms with van der Waals surface area (Å²) in [5, 5.41) is 4.04. The van der Waals surface area contributed by atoms with Gasteiger partial charge in [0.25, 0.3) is 0 Å². The Kier molecular flexibility index (Phi) is 5.82. The van der Waals surface area contributed by atoms with Crippen LogP contribution >= 0.6 is 11.6 Å². The lowest BCUT2D eigenvalue weighted by Crippen LogP contribution is -2.46. The summed E-state index contributed by atoms with van der Waals surface area (Å²) in [7, 11) is 0. The zero-order valence-electron chi connectivity index (χ0n) is 13.8. The normalized spacial score (nSPS) is 23.3. The second-order valence-corrected chi connectivity index (χ2v) is 7.33. The standard InChI is InChI=1S/C19H27ClN2O/c20-16-12-10-15(11-13-16)18-9-5-2-6-14-22(18)19(23)21-17-7-3-1-4-8-17/h10-13,17-18H,1-9,14H2,(H,21,23). The smallest absolute Gasteiger partial charge is 0.318 e. The summed E-state index contributed by atoms with van der Waals surface area (Å²) >= 11 is 6.02. The highest BCUT2D eigenvalue weighted by Crippen LogP contribution is 2.31. The van der Waals surface area contributed by atoms with E-state index in [1.165, 1.54) is 37.7 Å². The van der Waals surface area contributed by atoms with Crippen molar-refractivity contribution in [3.05, 3.63) is 34.9 Å². The summed E-state index contributed by atoms with van der Waals surface area (Å²) < 4.78 is 0. The molecule has 2 amide bonds. The van der Waals surface area contributed by atoms with Gasteiger partial charge in [-0.15, -0.1) is 0 Å². The molecule has 1 saturated heterocycles. The molecule has 0 spiro atoms. The number of carbonyl (C=O) groups is 1. The molecule has 3 nitrogen and oxygen atoms in total.